The van der Waals surface area contributed by atoms with Crippen LogP contribution in [0.25, 0.3) is 16.6 Å². The molecule has 4 N–H and O–H groups in total. The molecule has 1 atom stereocenters. The fourth-order valence-corrected chi connectivity index (χ4v) is 6.65. The van der Waals surface area contributed by atoms with Crippen molar-refractivity contribution >= 4 is 43.9 Å². The van der Waals surface area contributed by atoms with Crippen molar-refractivity contribution in [3.63, 3.8) is 0 Å². The highest BCUT2D eigenvalue weighted by molar-refractivity contribution is 7.93. The number of nitrogens with zero attached hydrogens (tertiary/aromatic N) is 3. The van der Waals surface area contributed by atoms with Gasteiger partial charge in [0.1, 0.15) is 5.82 Å². The van der Waals surface area contributed by atoms with E-state index >= 15 is 0 Å². The summed E-state index contributed by atoms with van der Waals surface area (Å²) in [4.78, 5) is 16.4. The summed E-state index contributed by atoms with van der Waals surface area (Å²) in [5.41, 5.74) is 7.61. The summed E-state index contributed by atoms with van der Waals surface area (Å²) in [5.74, 6) is -3.34. The first-order valence-electron chi connectivity index (χ1n) is 13.2. The van der Waals surface area contributed by atoms with Crippen molar-refractivity contribution in [2.45, 2.75) is 26.2 Å². The van der Waals surface area contributed by atoms with E-state index < -0.39 is 46.0 Å². The molecule has 11 nitrogen and oxygen atoms in total. The molecule has 0 amide bonds. The highest BCUT2D eigenvalue weighted by atomic mass is 32.2. The number of halogens is 4. The zero-order valence-corrected chi connectivity index (χ0v) is 23.7. The summed E-state index contributed by atoms with van der Waals surface area (Å²) >= 11 is 0. The van der Waals surface area contributed by atoms with Crippen molar-refractivity contribution in [1.82, 2.24) is 20.1 Å². The second kappa shape index (κ2) is 10.9. The van der Waals surface area contributed by atoms with E-state index in [1.165, 1.54) is 41.3 Å². The third kappa shape index (κ3) is 5.21. The molecule has 230 valence electrons. The molecule has 6 rings (SSSR count). The van der Waals surface area contributed by atoms with Crippen LogP contribution in [0.15, 0.2) is 60.4 Å². The first-order chi connectivity index (χ1) is 20.9. The molecule has 1 unspecified atom stereocenters. The van der Waals surface area contributed by atoms with Crippen molar-refractivity contribution in [3.05, 3.63) is 83.3 Å². The number of para-hydroxylation sites is 1. The highest BCUT2D eigenvalue weighted by Gasteiger charge is 2.32. The van der Waals surface area contributed by atoms with Crippen LogP contribution < -0.4 is 24.8 Å². The van der Waals surface area contributed by atoms with Crippen molar-refractivity contribution < 1.29 is 40.2 Å². The molecule has 4 aromatic rings. The summed E-state index contributed by atoms with van der Waals surface area (Å²) in [5, 5.41) is 7.41. The van der Waals surface area contributed by atoms with Gasteiger partial charge < -0.3 is 25.5 Å². The summed E-state index contributed by atoms with van der Waals surface area (Å²) in [6.45, 7) is -1.41. The number of hydrogen-bond acceptors (Lipinski definition) is 8. The predicted octanol–water partition coefficient (Wildman–Crippen LogP) is 4.35. The Morgan fingerprint density at radius 2 is 1.93 bits per heavy atom. The number of anilines is 2. The number of fused-ring (bicyclic) bond motifs is 1. The minimum atomic E-state index is -3.72. The van der Waals surface area contributed by atoms with E-state index in [0.29, 0.717) is 28.6 Å². The van der Waals surface area contributed by atoms with Crippen molar-refractivity contribution in [3.8, 4) is 11.5 Å². The van der Waals surface area contributed by atoms with Crippen LogP contribution in [0.5, 0.6) is 11.5 Å². The average molecular weight is 633 g/mol. The lowest BCUT2D eigenvalue weighted by Crippen LogP contribution is -2.33. The third-order valence-electron chi connectivity index (χ3n) is 7.16. The highest BCUT2D eigenvalue weighted by Crippen LogP contribution is 2.38. The Hall–Kier alpha value is -4.99. The largest absolute Gasteiger partial charge is 0.461 e. The van der Waals surface area contributed by atoms with Crippen molar-refractivity contribution in [1.29, 1.82) is 0 Å². The van der Waals surface area contributed by atoms with Crippen LogP contribution in [0.1, 0.15) is 29.4 Å². The van der Waals surface area contributed by atoms with Crippen LogP contribution in [0.2, 0.25) is 0 Å². The molecule has 4 heterocycles. The number of alkyl halides is 2. The number of benzene rings is 2. The second-order valence-electron chi connectivity index (χ2n) is 10.0. The van der Waals surface area contributed by atoms with Crippen LogP contribution in [-0.2, 0) is 10.0 Å². The molecule has 16 heteroatoms. The van der Waals surface area contributed by atoms with E-state index in [4.69, 9.17) is 10.5 Å². The maximum absolute atomic E-state index is 14.0. The quantitative estimate of drug-likeness (QED) is 0.192. The van der Waals surface area contributed by atoms with Crippen LogP contribution in [-0.4, -0.2) is 54.1 Å². The number of nitrogens with one attached hydrogen (secondary N) is 2. The topological polar surface area (TPSA) is 145 Å². The maximum atomic E-state index is 14.0. The summed E-state index contributed by atoms with van der Waals surface area (Å²) in [7, 11) is -3.72. The lowest BCUT2D eigenvalue weighted by molar-refractivity contribution is -0.0493. The van der Waals surface area contributed by atoms with Gasteiger partial charge in [0.25, 0.3) is 0 Å². The molecule has 2 aromatic carbocycles. The summed E-state index contributed by atoms with van der Waals surface area (Å²) in [6.07, 6.45) is 3.69. The van der Waals surface area contributed by atoms with Crippen molar-refractivity contribution in [2.24, 2.45) is 0 Å². The number of hydrogen-bond donors (Lipinski definition) is 3. The van der Waals surface area contributed by atoms with E-state index in [1.807, 2.05) is 0 Å². The Labute approximate surface area is 247 Å². The van der Waals surface area contributed by atoms with Gasteiger partial charge in [-0.3, -0.25) is 9.10 Å². The number of nitrogen functional groups attached to an aromatic ring is 1. The van der Waals surface area contributed by atoms with Crippen LogP contribution >= 0.6 is 0 Å². The number of sulfonamides is 1. The van der Waals surface area contributed by atoms with Gasteiger partial charge >= 0.3 is 6.61 Å². The Morgan fingerprint density at radius 3 is 2.59 bits per heavy atom. The normalized spacial score (nSPS) is 17.9. The monoisotopic (exact) mass is 632 g/mol. The minimum Gasteiger partial charge on any atom is -0.461 e. The van der Waals surface area contributed by atoms with Crippen LogP contribution in [0.4, 0.5) is 29.1 Å². The van der Waals surface area contributed by atoms with Crippen LogP contribution in [0, 0.1) is 11.6 Å². The van der Waals surface area contributed by atoms with Gasteiger partial charge in [0.15, 0.2) is 29.4 Å². The van der Waals surface area contributed by atoms with Crippen LogP contribution in [0.3, 0.4) is 0 Å². The number of dihydropyridines is 1. The lowest BCUT2D eigenvalue weighted by Gasteiger charge is -2.23. The molecule has 2 aliphatic heterocycles. The Balaban J connectivity index is 1.27. The van der Waals surface area contributed by atoms with E-state index in [2.05, 4.69) is 20.1 Å². The van der Waals surface area contributed by atoms with Gasteiger partial charge in [0, 0.05) is 23.6 Å². The van der Waals surface area contributed by atoms with E-state index in [0.717, 1.165) is 16.4 Å². The number of ether oxygens (including phenoxy) is 2. The Kier molecular flexibility index (Phi) is 7.23. The number of carbonyl (C=O) groups excluding carboxylic acids is 1. The van der Waals surface area contributed by atoms with Gasteiger partial charge in [-0.2, -0.15) is 13.9 Å². The first kappa shape index (κ1) is 29.1. The van der Waals surface area contributed by atoms with Gasteiger partial charge in [0.2, 0.25) is 15.8 Å². The molecule has 2 aliphatic rings. The van der Waals surface area contributed by atoms with E-state index in [1.54, 1.807) is 13.0 Å². The molecule has 1 saturated heterocycles. The SMILES string of the molecule is CC1=CC(Oc2c(F)cccc2F)NC=C1n1ncc(C(=O)c2cc3cc(OC(F)F)c(N4CCCS4(=O)=O)cc3[nH]2)c1N. The Morgan fingerprint density at radius 1 is 1.18 bits per heavy atom. The average Bonchev–Trinajstić information content (AvgIpc) is 3.65. The molecular formula is C28H24F4N6O5S. The number of carbonyl (C=O) groups is 1. The minimum absolute atomic E-state index is 0.0171. The fraction of sp³-hybridized carbons (Fsp3) is 0.214. The number of rotatable bonds is 8. The molecule has 1 fully saturated rings. The lowest BCUT2D eigenvalue weighted by atomic mass is 10.1. The number of allylic oxidation sites excluding steroid dienone is 2. The number of aromatic amines is 1. The van der Waals surface area contributed by atoms with E-state index in [-0.39, 0.29) is 40.8 Å². The first-order valence-corrected chi connectivity index (χ1v) is 14.8. The fourth-order valence-electron chi connectivity index (χ4n) is 5.09. The molecule has 44 heavy (non-hydrogen) atoms. The third-order valence-corrected chi connectivity index (χ3v) is 9.02. The maximum Gasteiger partial charge on any atom is 0.387 e. The summed E-state index contributed by atoms with van der Waals surface area (Å²) in [6, 6.07) is 7.36. The predicted molar refractivity (Wildman–Crippen MR) is 153 cm³/mol. The number of H-pyrrole nitrogens is 1. The van der Waals surface area contributed by atoms with E-state index in [9.17, 15) is 30.8 Å². The number of nitrogens with two attached hydrogens (primary N) is 1. The smallest absolute Gasteiger partial charge is 0.387 e. The standard InChI is InChI=1S/C28H24F4N6O5S/c1-14-8-24(43-26-17(29)4-2-5-18(26)30)34-13-22(14)38-27(33)16(12-35-38)25(39)20-9-15-10-23(42-28(31)32)21(11-19(15)36-20)37-6-3-7-44(37,40)41/h2,4-5,8-13,24,28,34,36H,3,6-7,33H2,1H3. The molecule has 0 bridgehead atoms. The Bertz CT molecular complexity index is 1950. The zero-order chi connectivity index (χ0) is 31.3. The van der Waals surface area contributed by atoms with Gasteiger partial charge in [-0.05, 0) is 55.3 Å². The number of ketones is 1. The number of aromatic nitrogens is 3. The molecule has 0 aliphatic carbocycles. The molecule has 0 spiro atoms. The second-order valence-corrected chi connectivity index (χ2v) is 12.0. The van der Waals surface area contributed by atoms with Gasteiger partial charge in [-0.15, -0.1) is 0 Å². The van der Waals surface area contributed by atoms with Gasteiger partial charge in [-0.1, -0.05) is 6.07 Å². The summed E-state index contributed by atoms with van der Waals surface area (Å²) < 4.78 is 91.8. The molecular weight excluding hydrogens is 608 g/mol. The van der Waals surface area contributed by atoms with Crippen molar-refractivity contribution in [2.75, 3.05) is 22.3 Å². The molecule has 0 radical (unpaired) electrons. The molecule has 0 saturated carbocycles. The zero-order valence-electron chi connectivity index (χ0n) is 22.9. The van der Waals surface area contributed by atoms with Gasteiger partial charge in [0.05, 0.1) is 34.6 Å². The molecule has 2 aromatic heterocycles. The van der Waals surface area contributed by atoms with Gasteiger partial charge in [-0.25, -0.2) is 21.9 Å².